The van der Waals surface area contributed by atoms with E-state index >= 15 is 0 Å². The number of nitro groups is 1. The topological polar surface area (TPSA) is 73.8 Å². The smallest absolute Gasteiger partial charge is 0.298 e. The molecule has 6 nitrogen and oxygen atoms in total. The highest BCUT2D eigenvalue weighted by molar-refractivity contribution is 7.00. The van der Waals surface area contributed by atoms with Crippen molar-refractivity contribution in [3.8, 4) is 17.5 Å². The number of non-ortho nitro benzene ring substituents is 1. The lowest BCUT2D eigenvalue weighted by atomic mass is 10.1. The van der Waals surface area contributed by atoms with E-state index in [2.05, 4.69) is 85.8 Å². The van der Waals surface area contributed by atoms with Gasteiger partial charge in [-0.25, -0.2) is 0 Å². The number of nitro benzene ring substituents is 1. The number of fused-ring (bicyclic) bond motifs is 4. The van der Waals surface area contributed by atoms with Crippen LogP contribution in [0.2, 0.25) is 0 Å². The van der Waals surface area contributed by atoms with E-state index in [1.165, 1.54) is 16.8 Å². The predicted octanol–water partition coefficient (Wildman–Crippen LogP) is 6.10. The second kappa shape index (κ2) is 7.55. The van der Waals surface area contributed by atoms with Crippen molar-refractivity contribution in [2.75, 3.05) is 0 Å². The Bertz CT molecular complexity index is 1700. The van der Waals surface area contributed by atoms with Gasteiger partial charge in [-0.3, -0.25) is 10.1 Å². The normalized spacial score (nSPS) is 11.0. The van der Waals surface area contributed by atoms with Gasteiger partial charge in [-0.2, -0.15) is 8.75 Å². The van der Waals surface area contributed by atoms with Crippen LogP contribution >= 0.6 is 11.7 Å². The molecule has 2 aromatic heterocycles. The number of nitrogens with zero attached hydrogens (tertiary/aromatic N) is 4. The van der Waals surface area contributed by atoms with Crippen molar-refractivity contribution in [3.63, 3.8) is 0 Å². The molecule has 0 saturated heterocycles. The monoisotopic (exact) mass is 446 g/mol. The number of para-hydroxylation sites is 2. The van der Waals surface area contributed by atoms with Crippen LogP contribution in [-0.2, 0) is 0 Å². The minimum atomic E-state index is -0.450. The largest absolute Gasteiger partial charge is 0.309 e. The average Bonchev–Trinajstić information content (AvgIpc) is 3.46. The lowest BCUT2D eigenvalue weighted by Gasteiger charge is -2.07. The van der Waals surface area contributed by atoms with Crippen molar-refractivity contribution in [1.29, 1.82) is 0 Å². The molecule has 4 aromatic carbocycles. The maximum absolute atomic E-state index is 11.2. The summed E-state index contributed by atoms with van der Waals surface area (Å²) in [5.74, 6) is 6.24. The zero-order valence-electron chi connectivity index (χ0n) is 17.1. The molecule has 0 amide bonds. The molecule has 0 fully saturated rings. The summed E-state index contributed by atoms with van der Waals surface area (Å²) in [7, 11) is 0. The van der Waals surface area contributed by atoms with Crippen LogP contribution in [0.25, 0.3) is 38.5 Å². The predicted molar refractivity (Wildman–Crippen MR) is 131 cm³/mol. The molecule has 2 heterocycles. The van der Waals surface area contributed by atoms with E-state index in [1.807, 2.05) is 12.1 Å². The van der Waals surface area contributed by atoms with Gasteiger partial charge in [0.1, 0.15) is 5.52 Å². The molecule has 0 atom stereocenters. The highest BCUT2D eigenvalue weighted by atomic mass is 32.1. The fourth-order valence-electron chi connectivity index (χ4n) is 4.14. The Kier molecular flexibility index (Phi) is 4.39. The van der Waals surface area contributed by atoms with Crippen LogP contribution in [0.5, 0.6) is 0 Å². The van der Waals surface area contributed by atoms with Gasteiger partial charge in [0.25, 0.3) is 5.69 Å². The van der Waals surface area contributed by atoms with Crippen LogP contribution in [0.3, 0.4) is 0 Å². The molecule has 0 aliphatic carbocycles. The molecule has 0 saturated carbocycles. The van der Waals surface area contributed by atoms with Gasteiger partial charge in [-0.05, 0) is 42.5 Å². The quantitative estimate of drug-likeness (QED) is 0.183. The maximum atomic E-state index is 11.2. The van der Waals surface area contributed by atoms with Gasteiger partial charge in [-0.1, -0.05) is 48.2 Å². The second-order valence-corrected chi connectivity index (χ2v) is 8.05. The Labute approximate surface area is 192 Å². The number of hydrogen-bond acceptors (Lipinski definition) is 5. The van der Waals surface area contributed by atoms with Gasteiger partial charge in [0.15, 0.2) is 5.52 Å². The summed E-state index contributed by atoms with van der Waals surface area (Å²) >= 11 is 0.947. The molecule has 156 valence electrons. The third-order valence-electron chi connectivity index (χ3n) is 5.64. The van der Waals surface area contributed by atoms with E-state index in [4.69, 9.17) is 0 Å². The molecular weight excluding hydrogens is 432 g/mol. The summed E-state index contributed by atoms with van der Waals surface area (Å²) in [6, 6.07) is 27.9. The SMILES string of the molecule is O=[N+]([O-])c1ccc(C#Cc2ccc(-n3c4ccccc4c4ccccc43)cc2)c2nsnc12. The van der Waals surface area contributed by atoms with Crippen molar-refractivity contribution in [2.45, 2.75) is 0 Å². The molecule has 33 heavy (non-hydrogen) atoms. The molecule has 6 rings (SSSR count). The number of benzene rings is 4. The van der Waals surface area contributed by atoms with E-state index in [0.717, 1.165) is 34.0 Å². The van der Waals surface area contributed by atoms with Crippen molar-refractivity contribution in [3.05, 3.63) is 106 Å². The summed E-state index contributed by atoms with van der Waals surface area (Å²) in [5.41, 5.74) is 5.51. The summed E-state index contributed by atoms with van der Waals surface area (Å²) in [6.07, 6.45) is 0. The highest BCUT2D eigenvalue weighted by Gasteiger charge is 2.17. The van der Waals surface area contributed by atoms with Crippen LogP contribution in [0, 0.1) is 22.0 Å². The Morgan fingerprint density at radius 2 is 1.39 bits per heavy atom. The van der Waals surface area contributed by atoms with Gasteiger partial charge in [0, 0.05) is 28.1 Å². The standard InChI is InChI=1S/C26H14N4O2S/c31-30(32)24-16-13-18(25-26(24)28-33-27-25)12-9-17-10-14-19(15-11-17)29-22-7-3-1-5-20(22)21-6-2-4-8-23(21)29/h1-8,10-11,13-16H. The number of hydrogen-bond donors (Lipinski definition) is 0. The van der Waals surface area contributed by atoms with E-state index in [0.29, 0.717) is 11.1 Å². The first-order valence-corrected chi connectivity index (χ1v) is 10.9. The van der Waals surface area contributed by atoms with Gasteiger partial charge in [-0.15, -0.1) is 0 Å². The second-order valence-electron chi connectivity index (χ2n) is 7.52. The first kappa shape index (κ1) is 19.2. The summed E-state index contributed by atoms with van der Waals surface area (Å²) in [4.78, 5) is 10.8. The Balaban J connectivity index is 1.40. The highest BCUT2D eigenvalue weighted by Crippen LogP contribution is 2.31. The van der Waals surface area contributed by atoms with Crippen molar-refractivity contribution >= 4 is 50.3 Å². The van der Waals surface area contributed by atoms with E-state index in [-0.39, 0.29) is 11.2 Å². The fourth-order valence-corrected chi connectivity index (χ4v) is 4.70. The lowest BCUT2D eigenvalue weighted by Crippen LogP contribution is -1.93. The Morgan fingerprint density at radius 1 is 0.758 bits per heavy atom. The van der Waals surface area contributed by atoms with Crippen LogP contribution in [0.15, 0.2) is 84.9 Å². The number of rotatable bonds is 2. The summed E-state index contributed by atoms with van der Waals surface area (Å²) in [5, 5.41) is 13.6. The van der Waals surface area contributed by atoms with Crippen LogP contribution in [-0.4, -0.2) is 18.2 Å². The third-order valence-corrected chi connectivity index (χ3v) is 6.17. The van der Waals surface area contributed by atoms with Crippen LogP contribution in [0.4, 0.5) is 5.69 Å². The molecule has 0 unspecified atom stereocenters. The van der Waals surface area contributed by atoms with E-state index in [1.54, 1.807) is 6.07 Å². The Morgan fingerprint density at radius 3 is 2.06 bits per heavy atom. The zero-order valence-corrected chi connectivity index (χ0v) is 17.9. The zero-order chi connectivity index (χ0) is 22.4. The fraction of sp³-hybridized carbons (Fsp3) is 0. The Hall–Kier alpha value is -4.54. The molecule has 0 aliphatic heterocycles. The maximum Gasteiger partial charge on any atom is 0.298 e. The minimum Gasteiger partial charge on any atom is -0.309 e. The van der Waals surface area contributed by atoms with Crippen molar-refractivity contribution in [2.24, 2.45) is 0 Å². The number of aromatic nitrogens is 3. The van der Waals surface area contributed by atoms with Gasteiger partial charge < -0.3 is 4.57 Å². The molecule has 0 N–H and O–H groups in total. The minimum absolute atomic E-state index is 0.0557. The average molecular weight is 446 g/mol. The summed E-state index contributed by atoms with van der Waals surface area (Å²) < 4.78 is 10.5. The molecule has 0 aliphatic rings. The lowest BCUT2D eigenvalue weighted by molar-refractivity contribution is -0.383. The van der Waals surface area contributed by atoms with Gasteiger partial charge in [0.05, 0.1) is 33.2 Å². The molecule has 7 heteroatoms. The van der Waals surface area contributed by atoms with Gasteiger partial charge >= 0.3 is 0 Å². The first-order chi connectivity index (χ1) is 16.2. The van der Waals surface area contributed by atoms with Crippen LogP contribution in [0.1, 0.15) is 11.1 Å². The van der Waals surface area contributed by atoms with Crippen molar-refractivity contribution < 1.29 is 4.92 Å². The third kappa shape index (κ3) is 3.13. The van der Waals surface area contributed by atoms with Crippen LogP contribution < -0.4 is 0 Å². The molecule has 6 aromatic rings. The van der Waals surface area contributed by atoms with Gasteiger partial charge in [0.2, 0.25) is 0 Å². The van der Waals surface area contributed by atoms with Crippen molar-refractivity contribution in [1.82, 2.24) is 13.3 Å². The van der Waals surface area contributed by atoms with E-state index < -0.39 is 4.92 Å². The molecule has 0 spiro atoms. The molecular formula is C26H14N4O2S. The molecule has 0 bridgehead atoms. The first-order valence-electron chi connectivity index (χ1n) is 10.2. The molecule has 0 radical (unpaired) electrons. The summed E-state index contributed by atoms with van der Waals surface area (Å²) in [6.45, 7) is 0. The van der Waals surface area contributed by atoms with E-state index in [9.17, 15) is 10.1 Å².